The fraction of sp³-hybridized carbons (Fsp3) is 0.692. The minimum Gasteiger partial charge on any atom is -0.326 e. The highest BCUT2D eigenvalue weighted by Crippen LogP contribution is 2.23. The van der Waals surface area contributed by atoms with Gasteiger partial charge in [0.25, 0.3) is 0 Å². The van der Waals surface area contributed by atoms with Crippen LogP contribution in [0, 0.1) is 0 Å². The van der Waals surface area contributed by atoms with E-state index in [1.165, 1.54) is 0 Å². The first kappa shape index (κ1) is 15.0. The zero-order chi connectivity index (χ0) is 13.9. The van der Waals surface area contributed by atoms with Crippen molar-refractivity contribution >= 4 is 21.4 Å². The second-order valence-corrected chi connectivity index (χ2v) is 8.25. The highest BCUT2D eigenvalue weighted by Gasteiger charge is 2.33. The van der Waals surface area contributed by atoms with Gasteiger partial charge in [0.1, 0.15) is 0 Å². The Labute approximate surface area is 119 Å². The summed E-state index contributed by atoms with van der Waals surface area (Å²) in [6.45, 7) is 2.52. The Bertz CT molecular complexity index is 483. The number of hydrogen-bond donors (Lipinski definition) is 1. The second kappa shape index (κ2) is 6.35. The maximum Gasteiger partial charge on any atom is 0.214 e. The zero-order valence-electron chi connectivity index (χ0n) is 11.3. The third kappa shape index (κ3) is 3.78. The highest BCUT2D eigenvalue weighted by atomic mass is 32.2. The summed E-state index contributed by atoms with van der Waals surface area (Å²) in [7, 11) is -3.19. The van der Waals surface area contributed by atoms with E-state index in [1.54, 1.807) is 15.6 Å². The van der Waals surface area contributed by atoms with Gasteiger partial charge in [0.2, 0.25) is 10.0 Å². The summed E-state index contributed by atoms with van der Waals surface area (Å²) in [6, 6.07) is 3.82. The minimum atomic E-state index is -3.19. The number of sulfonamides is 1. The summed E-state index contributed by atoms with van der Waals surface area (Å²) in [5.41, 5.74) is 5.94. The largest absolute Gasteiger partial charge is 0.326 e. The normalized spacial score (nSPS) is 23.4. The van der Waals surface area contributed by atoms with Gasteiger partial charge in [0, 0.05) is 23.5 Å². The second-order valence-electron chi connectivity index (χ2n) is 5.18. The summed E-state index contributed by atoms with van der Waals surface area (Å²) in [4.78, 5) is 1.12. The standard InChI is InChI=1S/C13H22N2O2S2/c1-11(14)13-6-2-3-8-15(13)19(16,17)10-7-12-5-4-9-18-12/h4-5,9,11,13H,2-3,6-8,10,14H2,1H3. The fourth-order valence-electron chi connectivity index (χ4n) is 2.60. The van der Waals surface area contributed by atoms with Crippen molar-refractivity contribution in [3.63, 3.8) is 0 Å². The van der Waals surface area contributed by atoms with Crippen LogP contribution in [0.15, 0.2) is 17.5 Å². The van der Waals surface area contributed by atoms with E-state index in [-0.39, 0.29) is 17.8 Å². The Hall–Kier alpha value is -0.430. The van der Waals surface area contributed by atoms with E-state index in [9.17, 15) is 8.42 Å². The fourth-order valence-corrected chi connectivity index (χ4v) is 5.27. The Morgan fingerprint density at radius 1 is 1.53 bits per heavy atom. The number of nitrogens with two attached hydrogens (primary N) is 1. The molecular weight excluding hydrogens is 280 g/mol. The van der Waals surface area contributed by atoms with Gasteiger partial charge in [0.15, 0.2) is 0 Å². The molecule has 2 unspecified atom stereocenters. The molecule has 1 fully saturated rings. The van der Waals surface area contributed by atoms with Crippen LogP contribution in [0.5, 0.6) is 0 Å². The van der Waals surface area contributed by atoms with Crippen molar-refractivity contribution in [1.82, 2.24) is 4.31 Å². The number of thiophene rings is 1. The molecule has 1 saturated heterocycles. The molecule has 1 aliphatic rings. The van der Waals surface area contributed by atoms with Crippen molar-refractivity contribution in [2.75, 3.05) is 12.3 Å². The van der Waals surface area contributed by atoms with Gasteiger partial charge in [-0.2, -0.15) is 4.31 Å². The molecular formula is C13H22N2O2S2. The van der Waals surface area contributed by atoms with Crippen LogP contribution in [0.3, 0.4) is 0 Å². The van der Waals surface area contributed by atoms with Crippen LogP contribution in [0.1, 0.15) is 31.1 Å². The molecule has 1 aromatic rings. The van der Waals surface area contributed by atoms with Gasteiger partial charge < -0.3 is 5.73 Å². The predicted octanol–water partition coefficient (Wildman–Crippen LogP) is 1.82. The monoisotopic (exact) mass is 302 g/mol. The van der Waals surface area contributed by atoms with Crippen molar-refractivity contribution in [3.05, 3.63) is 22.4 Å². The summed E-state index contributed by atoms with van der Waals surface area (Å²) in [6.07, 6.45) is 3.50. The first-order valence-electron chi connectivity index (χ1n) is 6.78. The van der Waals surface area contributed by atoms with E-state index in [4.69, 9.17) is 5.73 Å². The van der Waals surface area contributed by atoms with Crippen molar-refractivity contribution in [3.8, 4) is 0 Å². The highest BCUT2D eigenvalue weighted by molar-refractivity contribution is 7.89. The van der Waals surface area contributed by atoms with E-state index < -0.39 is 10.0 Å². The van der Waals surface area contributed by atoms with Crippen molar-refractivity contribution in [2.45, 2.75) is 44.7 Å². The smallest absolute Gasteiger partial charge is 0.214 e. The maximum absolute atomic E-state index is 12.5. The molecule has 2 heterocycles. The van der Waals surface area contributed by atoms with Crippen LogP contribution in [0.4, 0.5) is 0 Å². The van der Waals surface area contributed by atoms with Crippen LogP contribution >= 0.6 is 11.3 Å². The molecule has 1 aromatic heterocycles. The van der Waals surface area contributed by atoms with Gasteiger partial charge in [-0.1, -0.05) is 12.5 Å². The van der Waals surface area contributed by atoms with Crippen LogP contribution in [-0.2, 0) is 16.4 Å². The van der Waals surface area contributed by atoms with Gasteiger partial charge in [-0.05, 0) is 37.6 Å². The van der Waals surface area contributed by atoms with Crippen LogP contribution < -0.4 is 5.73 Å². The Kier molecular flexibility index (Phi) is 5.00. The van der Waals surface area contributed by atoms with Crippen LogP contribution in [-0.4, -0.2) is 37.1 Å². The molecule has 0 bridgehead atoms. The van der Waals surface area contributed by atoms with Gasteiger partial charge in [-0.3, -0.25) is 0 Å². The van der Waals surface area contributed by atoms with Crippen LogP contribution in [0.2, 0.25) is 0 Å². The van der Waals surface area contributed by atoms with E-state index in [0.717, 1.165) is 24.1 Å². The maximum atomic E-state index is 12.5. The SMILES string of the molecule is CC(N)C1CCCCN1S(=O)(=O)CCc1cccs1. The molecule has 108 valence electrons. The van der Waals surface area contributed by atoms with E-state index in [0.29, 0.717) is 13.0 Å². The third-order valence-corrected chi connectivity index (χ3v) is 6.47. The lowest BCUT2D eigenvalue weighted by atomic mass is 10.00. The molecule has 19 heavy (non-hydrogen) atoms. The average Bonchev–Trinajstić information content (AvgIpc) is 2.89. The first-order valence-corrected chi connectivity index (χ1v) is 9.27. The molecule has 1 aliphatic heterocycles. The molecule has 0 aliphatic carbocycles. The summed E-state index contributed by atoms with van der Waals surface area (Å²) < 4.78 is 26.6. The summed E-state index contributed by atoms with van der Waals surface area (Å²) >= 11 is 1.61. The lowest BCUT2D eigenvalue weighted by Gasteiger charge is -2.36. The number of hydrogen-bond acceptors (Lipinski definition) is 4. The number of rotatable bonds is 5. The van der Waals surface area contributed by atoms with Crippen LogP contribution in [0.25, 0.3) is 0 Å². The topological polar surface area (TPSA) is 63.4 Å². The molecule has 0 spiro atoms. The quantitative estimate of drug-likeness (QED) is 0.902. The Morgan fingerprint density at radius 3 is 2.95 bits per heavy atom. The number of aryl methyl sites for hydroxylation is 1. The lowest BCUT2D eigenvalue weighted by Crippen LogP contribution is -2.52. The first-order chi connectivity index (χ1) is 9.00. The van der Waals surface area contributed by atoms with E-state index >= 15 is 0 Å². The van der Waals surface area contributed by atoms with Crippen molar-refractivity contribution in [2.24, 2.45) is 5.73 Å². The average molecular weight is 302 g/mol. The Morgan fingerprint density at radius 2 is 2.32 bits per heavy atom. The lowest BCUT2D eigenvalue weighted by molar-refractivity contribution is 0.227. The molecule has 6 heteroatoms. The summed E-state index contributed by atoms with van der Waals surface area (Å²) in [5, 5.41) is 1.98. The Balaban J connectivity index is 2.04. The molecule has 4 nitrogen and oxygen atoms in total. The molecule has 0 saturated carbocycles. The molecule has 0 radical (unpaired) electrons. The van der Waals surface area contributed by atoms with Gasteiger partial charge >= 0.3 is 0 Å². The van der Waals surface area contributed by atoms with E-state index in [2.05, 4.69) is 0 Å². The van der Waals surface area contributed by atoms with Gasteiger partial charge in [0.05, 0.1) is 5.75 Å². The number of nitrogens with zero attached hydrogens (tertiary/aromatic N) is 1. The zero-order valence-corrected chi connectivity index (χ0v) is 12.9. The van der Waals surface area contributed by atoms with Gasteiger partial charge in [-0.25, -0.2) is 8.42 Å². The molecule has 0 aromatic carbocycles. The number of piperidine rings is 1. The molecule has 0 amide bonds. The third-order valence-electron chi connectivity index (χ3n) is 3.65. The molecule has 2 N–H and O–H groups in total. The predicted molar refractivity (Wildman–Crippen MR) is 79.8 cm³/mol. The van der Waals surface area contributed by atoms with Gasteiger partial charge in [-0.15, -0.1) is 11.3 Å². The summed E-state index contributed by atoms with van der Waals surface area (Å²) in [5.74, 6) is 0.191. The molecule has 2 rings (SSSR count). The van der Waals surface area contributed by atoms with Crippen molar-refractivity contribution in [1.29, 1.82) is 0 Å². The van der Waals surface area contributed by atoms with E-state index in [1.807, 2.05) is 24.4 Å². The minimum absolute atomic E-state index is 0.0258. The molecule has 2 atom stereocenters. The van der Waals surface area contributed by atoms with Crippen molar-refractivity contribution < 1.29 is 8.42 Å².